The highest BCUT2D eigenvalue weighted by atomic mass is 16.6. The highest BCUT2D eigenvalue weighted by Gasteiger charge is 2.24. The SMILES string of the molecule is COc1ccc(NC(=O)c2cc([N+](=O)[O-])ccc2N2CCC(C)CC2)cc1OCc1ccncc1. The molecule has 9 nitrogen and oxygen atoms in total. The van der Waals surface area contributed by atoms with Gasteiger partial charge in [0.1, 0.15) is 6.61 Å². The summed E-state index contributed by atoms with van der Waals surface area (Å²) in [5.74, 6) is 1.18. The fraction of sp³-hybridized carbons (Fsp3) is 0.308. The maximum Gasteiger partial charge on any atom is 0.270 e. The highest BCUT2D eigenvalue weighted by Crippen LogP contribution is 2.33. The van der Waals surface area contributed by atoms with Gasteiger partial charge in [0, 0.05) is 49.4 Å². The van der Waals surface area contributed by atoms with E-state index in [0.717, 1.165) is 31.5 Å². The smallest absolute Gasteiger partial charge is 0.270 e. The fourth-order valence-electron chi connectivity index (χ4n) is 4.05. The van der Waals surface area contributed by atoms with Gasteiger partial charge in [-0.15, -0.1) is 0 Å². The van der Waals surface area contributed by atoms with Gasteiger partial charge in [0.15, 0.2) is 11.5 Å². The lowest BCUT2D eigenvalue weighted by Crippen LogP contribution is -2.34. The topological polar surface area (TPSA) is 107 Å². The second kappa shape index (κ2) is 10.9. The molecule has 1 amide bonds. The van der Waals surface area contributed by atoms with Crippen LogP contribution in [-0.2, 0) is 6.61 Å². The largest absolute Gasteiger partial charge is 0.493 e. The summed E-state index contributed by atoms with van der Waals surface area (Å²) in [7, 11) is 1.54. The van der Waals surface area contributed by atoms with E-state index in [1.165, 1.54) is 12.1 Å². The van der Waals surface area contributed by atoms with E-state index in [9.17, 15) is 14.9 Å². The van der Waals surface area contributed by atoms with Gasteiger partial charge in [-0.1, -0.05) is 6.92 Å². The zero-order chi connectivity index (χ0) is 24.8. The molecule has 1 aliphatic rings. The van der Waals surface area contributed by atoms with E-state index in [1.807, 2.05) is 12.1 Å². The van der Waals surface area contributed by atoms with Crippen molar-refractivity contribution < 1.29 is 19.2 Å². The molecule has 182 valence electrons. The molecular formula is C26H28N4O5. The van der Waals surface area contributed by atoms with Crippen LogP contribution in [0.2, 0.25) is 0 Å². The average molecular weight is 477 g/mol. The minimum Gasteiger partial charge on any atom is -0.493 e. The van der Waals surface area contributed by atoms with E-state index in [-0.39, 0.29) is 11.3 Å². The number of nitrogens with zero attached hydrogens (tertiary/aromatic N) is 3. The van der Waals surface area contributed by atoms with E-state index in [0.29, 0.717) is 35.4 Å². The third-order valence-corrected chi connectivity index (χ3v) is 6.13. The van der Waals surface area contributed by atoms with E-state index in [4.69, 9.17) is 9.47 Å². The number of carbonyl (C=O) groups excluding carboxylic acids is 1. The summed E-state index contributed by atoms with van der Waals surface area (Å²) in [4.78, 5) is 30.3. The van der Waals surface area contributed by atoms with Crippen LogP contribution in [-0.4, -0.2) is 36.0 Å². The maximum atomic E-state index is 13.3. The Hall–Kier alpha value is -4.14. The average Bonchev–Trinajstić information content (AvgIpc) is 2.88. The molecule has 1 aromatic heterocycles. The molecule has 1 N–H and O–H groups in total. The number of pyridine rings is 1. The minimum absolute atomic E-state index is 0.125. The Morgan fingerprint density at radius 1 is 1.11 bits per heavy atom. The summed E-state index contributed by atoms with van der Waals surface area (Å²) in [6.07, 6.45) is 5.39. The van der Waals surface area contributed by atoms with Crippen molar-refractivity contribution in [3.8, 4) is 11.5 Å². The number of benzene rings is 2. The Labute approximate surface area is 203 Å². The van der Waals surface area contributed by atoms with Gasteiger partial charge in [0.25, 0.3) is 11.6 Å². The number of anilines is 2. The van der Waals surface area contributed by atoms with Crippen molar-refractivity contribution in [3.63, 3.8) is 0 Å². The molecule has 2 aromatic carbocycles. The van der Waals surface area contributed by atoms with Gasteiger partial charge in [-0.25, -0.2) is 0 Å². The van der Waals surface area contributed by atoms with Crippen molar-refractivity contribution >= 4 is 23.0 Å². The number of nitro benzene ring substituents is 1. The predicted molar refractivity (Wildman–Crippen MR) is 133 cm³/mol. The molecule has 3 aromatic rings. The third-order valence-electron chi connectivity index (χ3n) is 6.13. The highest BCUT2D eigenvalue weighted by molar-refractivity contribution is 6.08. The monoisotopic (exact) mass is 476 g/mol. The molecule has 0 bridgehead atoms. The van der Waals surface area contributed by atoms with Crippen LogP contribution < -0.4 is 19.7 Å². The first-order chi connectivity index (χ1) is 16.9. The maximum absolute atomic E-state index is 13.3. The first kappa shape index (κ1) is 24.0. The Morgan fingerprint density at radius 3 is 2.54 bits per heavy atom. The van der Waals surface area contributed by atoms with Gasteiger partial charge in [0.05, 0.1) is 23.3 Å². The fourth-order valence-corrected chi connectivity index (χ4v) is 4.05. The number of hydrogen-bond donors (Lipinski definition) is 1. The number of aromatic nitrogens is 1. The number of methoxy groups -OCH3 is 1. The van der Waals surface area contributed by atoms with Crippen LogP contribution >= 0.6 is 0 Å². The Bertz CT molecular complexity index is 1190. The van der Waals surface area contributed by atoms with Crippen molar-refractivity contribution in [2.75, 3.05) is 30.4 Å². The van der Waals surface area contributed by atoms with Crippen LogP contribution in [0.5, 0.6) is 11.5 Å². The lowest BCUT2D eigenvalue weighted by Gasteiger charge is -2.33. The molecule has 1 fully saturated rings. The van der Waals surface area contributed by atoms with Gasteiger partial charge < -0.3 is 19.7 Å². The summed E-state index contributed by atoms with van der Waals surface area (Å²) in [5, 5.41) is 14.3. The molecule has 9 heteroatoms. The molecule has 0 spiro atoms. The zero-order valence-electron chi connectivity index (χ0n) is 19.8. The van der Waals surface area contributed by atoms with Gasteiger partial charge in [0.2, 0.25) is 0 Å². The predicted octanol–water partition coefficient (Wildman–Crippen LogP) is 5.07. The lowest BCUT2D eigenvalue weighted by molar-refractivity contribution is -0.384. The number of ether oxygens (including phenoxy) is 2. The van der Waals surface area contributed by atoms with Gasteiger partial charge in [-0.05, 0) is 54.7 Å². The number of non-ortho nitro benzene ring substituents is 1. The summed E-state index contributed by atoms with van der Waals surface area (Å²) in [6.45, 7) is 4.11. The summed E-state index contributed by atoms with van der Waals surface area (Å²) in [5.41, 5.74) is 2.27. The second-order valence-electron chi connectivity index (χ2n) is 8.59. The number of piperidine rings is 1. The molecular weight excluding hydrogens is 448 g/mol. The molecule has 4 rings (SSSR count). The third kappa shape index (κ3) is 5.87. The van der Waals surface area contributed by atoms with E-state index in [1.54, 1.807) is 43.8 Å². The number of rotatable bonds is 8. The summed E-state index contributed by atoms with van der Waals surface area (Å²) < 4.78 is 11.3. The van der Waals surface area contributed by atoms with Crippen molar-refractivity contribution in [1.29, 1.82) is 0 Å². The van der Waals surface area contributed by atoms with Crippen LogP contribution in [0, 0.1) is 16.0 Å². The molecule has 2 heterocycles. The molecule has 0 atom stereocenters. The molecule has 0 saturated carbocycles. The minimum atomic E-state index is -0.489. The summed E-state index contributed by atoms with van der Waals surface area (Å²) in [6, 6.07) is 13.2. The van der Waals surface area contributed by atoms with Crippen LogP contribution in [0.3, 0.4) is 0 Å². The van der Waals surface area contributed by atoms with E-state index >= 15 is 0 Å². The van der Waals surface area contributed by atoms with Gasteiger partial charge in [-0.2, -0.15) is 0 Å². The number of hydrogen-bond acceptors (Lipinski definition) is 7. The lowest BCUT2D eigenvalue weighted by atomic mass is 9.98. The molecule has 0 aliphatic carbocycles. The standard InChI is InChI=1S/C26H28N4O5/c1-18-9-13-29(14-10-18)23-5-4-21(30(32)33)16-22(23)26(31)28-20-3-6-24(34-2)25(15-20)35-17-19-7-11-27-12-8-19/h3-8,11-12,15-16,18H,9-10,13-14,17H2,1-2H3,(H,28,31). The first-order valence-corrected chi connectivity index (χ1v) is 11.5. The normalized spacial score (nSPS) is 13.8. The van der Waals surface area contributed by atoms with Crippen molar-refractivity contribution in [3.05, 3.63) is 82.2 Å². The number of carbonyl (C=O) groups is 1. The van der Waals surface area contributed by atoms with Gasteiger partial charge >= 0.3 is 0 Å². The number of nitro groups is 1. The Morgan fingerprint density at radius 2 is 1.86 bits per heavy atom. The number of nitrogens with one attached hydrogen (secondary N) is 1. The molecule has 1 saturated heterocycles. The molecule has 1 aliphatic heterocycles. The van der Waals surface area contributed by atoms with Crippen molar-refractivity contribution in [2.45, 2.75) is 26.4 Å². The van der Waals surface area contributed by atoms with Crippen molar-refractivity contribution in [1.82, 2.24) is 4.98 Å². The van der Waals surface area contributed by atoms with Crippen LogP contribution in [0.1, 0.15) is 35.7 Å². The molecule has 35 heavy (non-hydrogen) atoms. The first-order valence-electron chi connectivity index (χ1n) is 11.5. The van der Waals surface area contributed by atoms with Crippen LogP contribution in [0.15, 0.2) is 60.9 Å². The molecule has 0 radical (unpaired) electrons. The zero-order valence-corrected chi connectivity index (χ0v) is 19.8. The van der Waals surface area contributed by atoms with E-state index in [2.05, 4.69) is 22.1 Å². The second-order valence-corrected chi connectivity index (χ2v) is 8.59. The van der Waals surface area contributed by atoms with Crippen molar-refractivity contribution in [2.24, 2.45) is 5.92 Å². The Balaban J connectivity index is 1.57. The number of amides is 1. The Kier molecular flexibility index (Phi) is 7.45. The summed E-state index contributed by atoms with van der Waals surface area (Å²) >= 11 is 0. The quantitative estimate of drug-likeness (QED) is 0.357. The molecule has 0 unspecified atom stereocenters. The van der Waals surface area contributed by atoms with Gasteiger partial charge in [-0.3, -0.25) is 19.9 Å². The van der Waals surface area contributed by atoms with Crippen LogP contribution in [0.4, 0.5) is 17.1 Å². The van der Waals surface area contributed by atoms with Crippen LogP contribution in [0.25, 0.3) is 0 Å². The van der Waals surface area contributed by atoms with E-state index < -0.39 is 10.8 Å².